The molecule has 0 aliphatic carbocycles. The topological polar surface area (TPSA) is 61.2 Å². The molecule has 1 aromatic rings. The van der Waals surface area contributed by atoms with E-state index in [4.69, 9.17) is 5.26 Å². The molecule has 0 N–H and O–H groups in total. The summed E-state index contributed by atoms with van der Waals surface area (Å²) >= 11 is 0. The van der Waals surface area contributed by atoms with Gasteiger partial charge in [0.1, 0.15) is 5.82 Å². The largest absolute Gasteiger partial charge is 0.242 e. The maximum absolute atomic E-state index is 13.0. The Morgan fingerprint density at radius 1 is 1.53 bits per heavy atom. The summed E-state index contributed by atoms with van der Waals surface area (Å²) in [6, 6.07) is 6.75. The molecule has 17 heavy (non-hydrogen) atoms. The minimum Gasteiger partial charge on any atom is -0.207 e. The molecule has 6 heteroatoms. The summed E-state index contributed by atoms with van der Waals surface area (Å²) in [7, 11) is -2.36. The van der Waals surface area contributed by atoms with Crippen LogP contribution in [0.15, 0.2) is 29.2 Å². The van der Waals surface area contributed by atoms with Gasteiger partial charge in [-0.15, -0.1) is 0 Å². The Labute approximate surface area is 100 Å². The molecule has 0 aromatic heterocycles. The van der Waals surface area contributed by atoms with E-state index in [1.807, 2.05) is 6.07 Å². The number of benzene rings is 1. The highest BCUT2D eigenvalue weighted by Crippen LogP contribution is 2.16. The lowest BCUT2D eigenvalue weighted by molar-refractivity contribution is 0.438. The van der Waals surface area contributed by atoms with Gasteiger partial charge in [-0.25, -0.2) is 12.8 Å². The molecule has 0 saturated carbocycles. The van der Waals surface area contributed by atoms with Crippen LogP contribution in [0.4, 0.5) is 4.39 Å². The van der Waals surface area contributed by atoms with Crippen LogP contribution in [-0.2, 0) is 10.0 Å². The van der Waals surface area contributed by atoms with E-state index in [0.29, 0.717) is 0 Å². The summed E-state index contributed by atoms with van der Waals surface area (Å²) in [4.78, 5) is -0.106. The monoisotopic (exact) mass is 256 g/mol. The van der Waals surface area contributed by atoms with Crippen molar-refractivity contribution in [3.8, 4) is 6.07 Å². The van der Waals surface area contributed by atoms with E-state index in [1.165, 1.54) is 25.2 Å². The van der Waals surface area contributed by atoms with Gasteiger partial charge in [-0.2, -0.15) is 9.57 Å². The number of hydrogen-bond donors (Lipinski definition) is 0. The van der Waals surface area contributed by atoms with Crippen molar-refractivity contribution in [1.29, 1.82) is 5.26 Å². The van der Waals surface area contributed by atoms with Gasteiger partial charge < -0.3 is 0 Å². The lowest BCUT2D eigenvalue weighted by Gasteiger charge is -2.18. The molecule has 0 unspecified atom stereocenters. The molecule has 0 saturated heterocycles. The molecule has 0 aliphatic rings. The van der Waals surface area contributed by atoms with Crippen LogP contribution in [0.2, 0.25) is 0 Å². The molecular formula is C11H13FN2O2S. The van der Waals surface area contributed by atoms with Crippen molar-refractivity contribution in [2.45, 2.75) is 11.8 Å². The van der Waals surface area contributed by atoms with Gasteiger partial charge in [-0.05, 0) is 25.1 Å². The number of sulfonamides is 1. The van der Waals surface area contributed by atoms with Gasteiger partial charge in [0.05, 0.1) is 16.9 Å². The molecule has 1 atom stereocenters. The number of rotatable bonds is 4. The molecular weight excluding hydrogens is 243 g/mol. The summed E-state index contributed by atoms with van der Waals surface area (Å²) in [5.41, 5.74) is 0. The molecule has 92 valence electrons. The standard InChI is InChI=1S/C11H13FN2O2S/c1-9(7-13)8-14(2)17(15,16)11-5-3-4-10(12)6-11/h3-6,9H,8H2,1-2H3/t9-/m0/s1. The molecule has 0 fully saturated rings. The smallest absolute Gasteiger partial charge is 0.207 e. The SMILES string of the molecule is C[C@@H](C#N)CN(C)S(=O)(=O)c1cccc(F)c1. The van der Waals surface area contributed by atoms with Crippen LogP contribution < -0.4 is 0 Å². The van der Waals surface area contributed by atoms with Crippen LogP contribution in [0.1, 0.15) is 6.92 Å². The molecule has 0 amide bonds. The zero-order valence-corrected chi connectivity index (χ0v) is 10.4. The van der Waals surface area contributed by atoms with Gasteiger partial charge in [-0.3, -0.25) is 0 Å². The summed E-state index contributed by atoms with van der Waals surface area (Å²) in [6.07, 6.45) is 0. The van der Waals surface area contributed by atoms with E-state index >= 15 is 0 Å². The molecule has 0 bridgehead atoms. The van der Waals surface area contributed by atoms with E-state index in [1.54, 1.807) is 6.92 Å². The third kappa shape index (κ3) is 3.25. The molecule has 1 aromatic carbocycles. The van der Waals surface area contributed by atoms with Crippen molar-refractivity contribution >= 4 is 10.0 Å². The number of hydrogen-bond acceptors (Lipinski definition) is 3. The molecule has 0 spiro atoms. The van der Waals surface area contributed by atoms with Gasteiger partial charge in [0, 0.05) is 13.6 Å². The second kappa shape index (κ2) is 5.25. The Morgan fingerprint density at radius 2 is 2.18 bits per heavy atom. The van der Waals surface area contributed by atoms with Gasteiger partial charge in [0.2, 0.25) is 10.0 Å². The van der Waals surface area contributed by atoms with Gasteiger partial charge in [0.25, 0.3) is 0 Å². The lowest BCUT2D eigenvalue weighted by Crippen LogP contribution is -2.30. The lowest BCUT2D eigenvalue weighted by atomic mass is 10.2. The molecule has 0 heterocycles. The Kier molecular flexibility index (Phi) is 4.21. The first kappa shape index (κ1) is 13.6. The summed E-state index contributed by atoms with van der Waals surface area (Å²) in [5.74, 6) is -1.02. The van der Waals surface area contributed by atoms with Gasteiger partial charge >= 0.3 is 0 Å². The summed E-state index contributed by atoms with van der Waals surface area (Å²) in [5, 5.41) is 8.63. The van der Waals surface area contributed by atoms with Crippen molar-refractivity contribution in [2.24, 2.45) is 5.92 Å². The average molecular weight is 256 g/mol. The zero-order valence-electron chi connectivity index (χ0n) is 9.59. The molecule has 1 rings (SSSR count). The highest BCUT2D eigenvalue weighted by atomic mass is 32.2. The Morgan fingerprint density at radius 3 is 2.71 bits per heavy atom. The highest BCUT2D eigenvalue weighted by molar-refractivity contribution is 7.89. The first-order chi connectivity index (χ1) is 7.87. The second-order valence-electron chi connectivity index (χ2n) is 3.77. The maximum Gasteiger partial charge on any atom is 0.242 e. The van der Waals surface area contributed by atoms with E-state index in [9.17, 15) is 12.8 Å². The van der Waals surface area contributed by atoms with E-state index in [0.717, 1.165) is 10.4 Å². The fourth-order valence-corrected chi connectivity index (χ4v) is 2.62. The fourth-order valence-electron chi connectivity index (χ4n) is 1.33. The van der Waals surface area contributed by atoms with Crippen LogP contribution in [0.5, 0.6) is 0 Å². The number of nitrogens with zero attached hydrogens (tertiary/aromatic N) is 2. The van der Waals surface area contributed by atoms with Crippen molar-refractivity contribution < 1.29 is 12.8 Å². The third-order valence-electron chi connectivity index (χ3n) is 2.26. The van der Waals surface area contributed by atoms with Crippen LogP contribution in [-0.4, -0.2) is 26.3 Å². The Balaban J connectivity index is 3.00. The van der Waals surface area contributed by atoms with Gasteiger partial charge in [0.15, 0.2) is 0 Å². The van der Waals surface area contributed by atoms with Crippen molar-refractivity contribution in [2.75, 3.05) is 13.6 Å². The summed E-state index contributed by atoms with van der Waals surface area (Å²) < 4.78 is 38.0. The minimum absolute atomic E-state index is 0.0787. The van der Waals surface area contributed by atoms with Crippen LogP contribution in [0.25, 0.3) is 0 Å². The normalized spacial score (nSPS) is 13.4. The van der Waals surface area contributed by atoms with Crippen molar-refractivity contribution in [3.05, 3.63) is 30.1 Å². The molecule has 0 radical (unpaired) electrons. The second-order valence-corrected chi connectivity index (χ2v) is 5.82. The summed E-state index contributed by atoms with van der Waals surface area (Å²) in [6.45, 7) is 1.70. The highest BCUT2D eigenvalue weighted by Gasteiger charge is 2.22. The fraction of sp³-hybridized carbons (Fsp3) is 0.364. The predicted molar refractivity (Wildman–Crippen MR) is 61.0 cm³/mol. The van der Waals surface area contributed by atoms with Crippen LogP contribution in [0, 0.1) is 23.1 Å². The maximum atomic E-state index is 13.0. The minimum atomic E-state index is -3.72. The molecule has 4 nitrogen and oxygen atoms in total. The third-order valence-corrected chi connectivity index (χ3v) is 4.07. The van der Waals surface area contributed by atoms with E-state index in [2.05, 4.69) is 0 Å². The predicted octanol–water partition coefficient (Wildman–Crippen LogP) is 1.61. The molecule has 0 aliphatic heterocycles. The van der Waals surface area contributed by atoms with E-state index < -0.39 is 21.8 Å². The first-order valence-electron chi connectivity index (χ1n) is 4.99. The van der Waals surface area contributed by atoms with Crippen LogP contribution >= 0.6 is 0 Å². The number of nitriles is 1. The van der Waals surface area contributed by atoms with Gasteiger partial charge in [-0.1, -0.05) is 6.07 Å². The Hall–Kier alpha value is -1.45. The average Bonchev–Trinajstić information content (AvgIpc) is 2.28. The van der Waals surface area contributed by atoms with E-state index in [-0.39, 0.29) is 11.4 Å². The quantitative estimate of drug-likeness (QED) is 0.822. The Bertz CT molecular complexity index is 537. The van der Waals surface area contributed by atoms with Crippen molar-refractivity contribution in [3.63, 3.8) is 0 Å². The zero-order chi connectivity index (χ0) is 13.1. The van der Waals surface area contributed by atoms with Crippen LogP contribution in [0.3, 0.4) is 0 Å². The van der Waals surface area contributed by atoms with Crippen molar-refractivity contribution in [1.82, 2.24) is 4.31 Å². The number of halogens is 1. The first-order valence-corrected chi connectivity index (χ1v) is 6.43.